The van der Waals surface area contributed by atoms with Crippen LogP contribution >= 0.6 is 34.5 Å². The van der Waals surface area contributed by atoms with Gasteiger partial charge in [-0.1, -0.05) is 29.3 Å². The second-order valence-electron chi connectivity index (χ2n) is 5.14. The Morgan fingerprint density at radius 1 is 1.12 bits per heavy atom. The van der Waals surface area contributed by atoms with Crippen molar-refractivity contribution in [2.24, 2.45) is 4.99 Å². The minimum Gasteiger partial charge on any atom is -0.457 e. The van der Waals surface area contributed by atoms with Crippen LogP contribution in [0.15, 0.2) is 63.0 Å². The monoisotopic (exact) mass is 389 g/mol. The van der Waals surface area contributed by atoms with Crippen molar-refractivity contribution in [1.82, 2.24) is 0 Å². The number of esters is 1. The van der Waals surface area contributed by atoms with E-state index in [1.165, 1.54) is 17.4 Å². The van der Waals surface area contributed by atoms with E-state index in [1.807, 2.05) is 17.5 Å². The lowest BCUT2D eigenvalue weighted by Gasteiger charge is -2.01. The number of cyclic esters (lactones) is 1. The maximum atomic E-state index is 12.0. The fourth-order valence-electron chi connectivity index (χ4n) is 2.31. The van der Waals surface area contributed by atoms with Gasteiger partial charge in [0, 0.05) is 16.7 Å². The molecule has 3 aromatic rings. The second-order valence-corrected chi connectivity index (χ2v) is 6.93. The highest BCUT2D eigenvalue weighted by molar-refractivity contribution is 7.12. The summed E-state index contributed by atoms with van der Waals surface area (Å²) in [5.41, 5.74) is 0.858. The molecule has 0 unspecified atom stereocenters. The highest BCUT2D eigenvalue weighted by atomic mass is 35.5. The summed E-state index contributed by atoms with van der Waals surface area (Å²) in [7, 11) is 0. The third kappa shape index (κ3) is 3.26. The molecule has 0 fully saturated rings. The summed E-state index contributed by atoms with van der Waals surface area (Å²) in [6.45, 7) is 0. The lowest BCUT2D eigenvalue weighted by Crippen LogP contribution is -2.03. The number of carbonyl (C=O) groups excluding carboxylic acids is 1. The molecule has 7 heteroatoms. The van der Waals surface area contributed by atoms with Crippen molar-refractivity contribution >= 4 is 52.5 Å². The molecule has 0 amide bonds. The van der Waals surface area contributed by atoms with Crippen LogP contribution in [0, 0.1) is 0 Å². The standard InChI is InChI=1S/C18H9Cl2NO3S/c19-10-3-5-13(20)12(8-10)15-6-4-11(23-15)9-14-18(22)24-17(21-14)16-2-1-7-25-16/h1-9H. The van der Waals surface area contributed by atoms with Crippen LogP contribution in [0.1, 0.15) is 10.6 Å². The van der Waals surface area contributed by atoms with Gasteiger partial charge < -0.3 is 9.15 Å². The SMILES string of the molecule is O=C1OC(c2cccs2)=NC1=Cc1ccc(-c2cc(Cl)ccc2Cl)o1. The van der Waals surface area contributed by atoms with Gasteiger partial charge in [0.05, 0.1) is 9.90 Å². The Morgan fingerprint density at radius 2 is 2.00 bits per heavy atom. The maximum Gasteiger partial charge on any atom is 0.363 e. The number of nitrogens with zero attached hydrogens (tertiary/aromatic N) is 1. The summed E-state index contributed by atoms with van der Waals surface area (Å²) in [5, 5.41) is 2.97. The summed E-state index contributed by atoms with van der Waals surface area (Å²) in [6.07, 6.45) is 1.53. The van der Waals surface area contributed by atoms with Gasteiger partial charge in [-0.3, -0.25) is 0 Å². The van der Waals surface area contributed by atoms with E-state index < -0.39 is 5.97 Å². The first-order valence-electron chi connectivity index (χ1n) is 7.22. The Hall–Kier alpha value is -2.34. The number of furan rings is 1. The molecule has 0 bridgehead atoms. The average Bonchev–Trinajstić information content (AvgIpc) is 3.32. The summed E-state index contributed by atoms with van der Waals surface area (Å²) in [6, 6.07) is 12.3. The Bertz CT molecular complexity index is 1020. The molecule has 2 aromatic heterocycles. The number of benzene rings is 1. The Balaban J connectivity index is 1.66. The molecule has 0 saturated carbocycles. The van der Waals surface area contributed by atoms with E-state index in [4.69, 9.17) is 32.4 Å². The van der Waals surface area contributed by atoms with Crippen LogP contribution < -0.4 is 0 Å². The molecule has 0 saturated heterocycles. The number of carbonyl (C=O) groups is 1. The Kier molecular flexibility index (Phi) is 4.21. The normalized spacial score (nSPS) is 15.5. The number of hydrogen-bond donors (Lipinski definition) is 0. The molecular formula is C18H9Cl2NO3S. The number of thiophene rings is 1. The van der Waals surface area contributed by atoms with E-state index >= 15 is 0 Å². The van der Waals surface area contributed by atoms with Crippen molar-refractivity contribution in [2.75, 3.05) is 0 Å². The summed E-state index contributed by atoms with van der Waals surface area (Å²) < 4.78 is 10.9. The van der Waals surface area contributed by atoms with E-state index in [2.05, 4.69) is 4.99 Å². The van der Waals surface area contributed by atoms with Gasteiger partial charge >= 0.3 is 5.97 Å². The van der Waals surface area contributed by atoms with Crippen LogP contribution in [0.3, 0.4) is 0 Å². The third-order valence-electron chi connectivity index (χ3n) is 3.45. The number of halogens is 2. The zero-order valence-corrected chi connectivity index (χ0v) is 14.9. The zero-order valence-electron chi connectivity index (χ0n) is 12.5. The summed E-state index contributed by atoms with van der Waals surface area (Å²) in [4.78, 5) is 17.0. The van der Waals surface area contributed by atoms with Crippen molar-refractivity contribution in [2.45, 2.75) is 0 Å². The molecular weight excluding hydrogens is 381 g/mol. The first-order valence-corrected chi connectivity index (χ1v) is 8.85. The van der Waals surface area contributed by atoms with Gasteiger partial charge in [-0.15, -0.1) is 11.3 Å². The average molecular weight is 390 g/mol. The van der Waals surface area contributed by atoms with E-state index in [-0.39, 0.29) is 5.70 Å². The van der Waals surface area contributed by atoms with Gasteiger partial charge in [-0.2, -0.15) is 0 Å². The zero-order chi connectivity index (χ0) is 17.4. The van der Waals surface area contributed by atoms with Crippen molar-refractivity contribution in [3.05, 3.63) is 74.2 Å². The van der Waals surface area contributed by atoms with Gasteiger partial charge in [0.25, 0.3) is 0 Å². The Morgan fingerprint density at radius 3 is 2.80 bits per heavy atom. The number of ether oxygens (including phenoxy) is 1. The number of hydrogen-bond acceptors (Lipinski definition) is 5. The summed E-state index contributed by atoms with van der Waals surface area (Å²) >= 11 is 13.6. The van der Waals surface area contributed by atoms with E-state index in [1.54, 1.807) is 30.3 Å². The quantitative estimate of drug-likeness (QED) is 0.428. The molecule has 0 spiro atoms. The first kappa shape index (κ1) is 16.1. The predicted octanol–water partition coefficient (Wildman–Crippen LogP) is 5.66. The van der Waals surface area contributed by atoms with E-state index in [0.717, 1.165) is 4.88 Å². The van der Waals surface area contributed by atoms with Gasteiger partial charge in [0.15, 0.2) is 5.70 Å². The fraction of sp³-hybridized carbons (Fsp3) is 0. The van der Waals surface area contributed by atoms with Crippen LogP contribution in [0.4, 0.5) is 0 Å². The molecule has 0 N–H and O–H groups in total. The van der Waals surface area contributed by atoms with Crippen molar-refractivity contribution in [3.8, 4) is 11.3 Å². The molecule has 0 aliphatic carbocycles. The first-order chi connectivity index (χ1) is 12.1. The van der Waals surface area contributed by atoms with Crippen LogP contribution in [-0.2, 0) is 9.53 Å². The molecule has 1 aliphatic rings. The summed E-state index contributed by atoms with van der Waals surface area (Å²) in [5.74, 6) is 0.806. The molecule has 124 valence electrons. The molecule has 0 atom stereocenters. The predicted molar refractivity (Wildman–Crippen MR) is 99.1 cm³/mol. The Labute approximate surface area is 157 Å². The van der Waals surface area contributed by atoms with Crippen molar-refractivity contribution in [3.63, 3.8) is 0 Å². The minimum atomic E-state index is -0.512. The van der Waals surface area contributed by atoms with Gasteiger partial charge in [-0.05, 0) is 41.8 Å². The van der Waals surface area contributed by atoms with Crippen molar-refractivity contribution in [1.29, 1.82) is 0 Å². The lowest BCUT2D eigenvalue weighted by molar-refractivity contribution is -0.129. The van der Waals surface area contributed by atoms with Gasteiger partial charge in [-0.25, -0.2) is 9.79 Å². The van der Waals surface area contributed by atoms with E-state index in [0.29, 0.717) is 33.0 Å². The lowest BCUT2D eigenvalue weighted by atomic mass is 10.2. The smallest absolute Gasteiger partial charge is 0.363 e. The van der Waals surface area contributed by atoms with Crippen LogP contribution in [0.5, 0.6) is 0 Å². The maximum absolute atomic E-state index is 12.0. The molecule has 4 rings (SSSR count). The minimum absolute atomic E-state index is 0.182. The molecule has 25 heavy (non-hydrogen) atoms. The molecule has 0 radical (unpaired) electrons. The van der Waals surface area contributed by atoms with E-state index in [9.17, 15) is 4.79 Å². The third-order valence-corrected chi connectivity index (χ3v) is 4.87. The van der Waals surface area contributed by atoms with Gasteiger partial charge in [0.2, 0.25) is 5.90 Å². The number of aliphatic imine (C=N–C) groups is 1. The molecule has 1 aliphatic heterocycles. The fourth-order valence-corrected chi connectivity index (χ4v) is 3.34. The molecule has 3 heterocycles. The highest BCUT2D eigenvalue weighted by Crippen LogP contribution is 2.32. The second kappa shape index (κ2) is 6.52. The van der Waals surface area contributed by atoms with Crippen LogP contribution in [-0.4, -0.2) is 11.9 Å². The topological polar surface area (TPSA) is 51.8 Å². The largest absolute Gasteiger partial charge is 0.457 e. The number of rotatable bonds is 3. The highest BCUT2D eigenvalue weighted by Gasteiger charge is 2.25. The molecule has 1 aromatic carbocycles. The van der Waals surface area contributed by atoms with Gasteiger partial charge in [0.1, 0.15) is 11.5 Å². The van der Waals surface area contributed by atoms with Crippen molar-refractivity contribution < 1.29 is 13.9 Å². The van der Waals surface area contributed by atoms with Crippen LogP contribution in [0.25, 0.3) is 17.4 Å². The van der Waals surface area contributed by atoms with Crippen LogP contribution in [0.2, 0.25) is 10.0 Å². The molecule has 4 nitrogen and oxygen atoms in total.